The van der Waals surface area contributed by atoms with Crippen molar-refractivity contribution in [2.45, 2.75) is 6.42 Å². The molecule has 0 unspecified atom stereocenters. The van der Waals surface area contributed by atoms with Crippen LogP contribution in [-0.4, -0.2) is 18.1 Å². The quantitative estimate of drug-likeness (QED) is 0.415. The molecule has 3 aromatic rings. The molecule has 0 bridgehead atoms. The maximum absolute atomic E-state index is 5.37. The Morgan fingerprint density at radius 1 is 1.04 bits per heavy atom. The minimum Gasteiger partial charge on any atom is -0.405 e. The molecule has 5 N–H and O–H groups in total. The average Bonchev–Trinajstić information content (AvgIpc) is 3.12. The summed E-state index contributed by atoms with van der Waals surface area (Å²) in [6.07, 6.45) is 10.2. The highest BCUT2D eigenvalue weighted by molar-refractivity contribution is 5.83. The number of hydrogen-bond acceptors (Lipinski definition) is 3. The van der Waals surface area contributed by atoms with E-state index < -0.39 is 0 Å². The number of anilines is 2. The van der Waals surface area contributed by atoms with Gasteiger partial charge >= 0.3 is 0 Å². The van der Waals surface area contributed by atoms with E-state index in [2.05, 4.69) is 76.9 Å². The number of fused-ring (bicyclic) bond motifs is 1. The predicted octanol–water partition coefficient (Wildman–Crippen LogP) is 4.82. The molecular formula is C23H26N4. The molecule has 0 atom stereocenters. The highest BCUT2D eigenvalue weighted by Gasteiger charge is 2.02. The Labute approximate surface area is 160 Å². The Bertz CT molecular complexity index is 932. The van der Waals surface area contributed by atoms with Crippen molar-refractivity contribution >= 4 is 22.3 Å². The average molecular weight is 358 g/mol. The van der Waals surface area contributed by atoms with E-state index in [9.17, 15) is 0 Å². The van der Waals surface area contributed by atoms with Crippen molar-refractivity contribution in [2.75, 3.05) is 23.7 Å². The van der Waals surface area contributed by atoms with Crippen LogP contribution in [0.4, 0.5) is 11.4 Å². The number of nitrogens with one attached hydrogen (secondary N) is 3. The molecule has 0 spiro atoms. The second-order valence-corrected chi connectivity index (χ2v) is 6.30. The Hall–Kier alpha value is -3.40. The number of H-pyrrole nitrogens is 1. The largest absolute Gasteiger partial charge is 0.405 e. The third-order valence-corrected chi connectivity index (χ3v) is 4.46. The molecule has 2 aromatic carbocycles. The van der Waals surface area contributed by atoms with Crippen molar-refractivity contribution in [3.05, 3.63) is 96.9 Å². The molecule has 1 aromatic heterocycles. The van der Waals surface area contributed by atoms with E-state index in [1.807, 2.05) is 12.2 Å². The summed E-state index contributed by atoms with van der Waals surface area (Å²) in [4.78, 5) is 3.33. The molecule has 1 heterocycles. The zero-order valence-corrected chi connectivity index (χ0v) is 15.4. The van der Waals surface area contributed by atoms with Gasteiger partial charge in [0.2, 0.25) is 0 Å². The Morgan fingerprint density at radius 2 is 1.78 bits per heavy atom. The van der Waals surface area contributed by atoms with E-state index in [1.165, 1.54) is 22.7 Å². The Balaban J connectivity index is 1.50. The van der Waals surface area contributed by atoms with Gasteiger partial charge in [-0.15, -0.1) is 0 Å². The van der Waals surface area contributed by atoms with Crippen LogP contribution in [0.3, 0.4) is 0 Å². The maximum Gasteiger partial charge on any atom is 0.0456 e. The zero-order valence-electron chi connectivity index (χ0n) is 15.4. The van der Waals surface area contributed by atoms with Gasteiger partial charge in [-0.05, 0) is 60.2 Å². The summed E-state index contributed by atoms with van der Waals surface area (Å²) in [6, 6.07) is 16.7. The molecule has 0 saturated heterocycles. The molecular weight excluding hydrogens is 332 g/mol. The zero-order chi connectivity index (χ0) is 18.9. The fourth-order valence-electron chi connectivity index (χ4n) is 2.97. The minimum atomic E-state index is 0.710. The SMILES string of the molecule is C=C/C(=C\C=C/N)CNc1ccc(NCCc2c[nH]c3ccccc23)cc1. The van der Waals surface area contributed by atoms with Crippen molar-refractivity contribution in [3.8, 4) is 0 Å². The number of aromatic nitrogens is 1. The normalized spacial score (nSPS) is 11.8. The molecule has 27 heavy (non-hydrogen) atoms. The molecule has 0 amide bonds. The van der Waals surface area contributed by atoms with E-state index in [-0.39, 0.29) is 0 Å². The van der Waals surface area contributed by atoms with Gasteiger partial charge in [-0.3, -0.25) is 0 Å². The van der Waals surface area contributed by atoms with Crippen LogP contribution in [-0.2, 0) is 6.42 Å². The minimum absolute atomic E-state index is 0.710. The first-order valence-electron chi connectivity index (χ1n) is 9.13. The number of para-hydroxylation sites is 1. The van der Waals surface area contributed by atoms with E-state index in [0.29, 0.717) is 6.54 Å². The first-order valence-corrected chi connectivity index (χ1v) is 9.13. The standard InChI is InChI=1S/C23H26N4/c1-2-18(6-5-14-24)16-26-21-11-9-20(10-12-21)25-15-13-19-17-27-23-8-4-3-7-22(19)23/h2-12,14,17,25-27H,1,13,15-16,24H2/b14-5-,18-6+. The number of aromatic amines is 1. The highest BCUT2D eigenvalue weighted by atomic mass is 14.9. The van der Waals surface area contributed by atoms with Crippen LogP contribution in [0.1, 0.15) is 5.56 Å². The molecule has 0 aliphatic rings. The lowest BCUT2D eigenvalue weighted by Crippen LogP contribution is -2.05. The first-order chi connectivity index (χ1) is 13.3. The van der Waals surface area contributed by atoms with Crippen LogP contribution in [0.15, 0.2) is 91.3 Å². The number of hydrogen-bond donors (Lipinski definition) is 4. The number of nitrogens with two attached hydrogens (primary N) is 1. The lowest BCUT2D eigenvalue weighted by Gasteiger charge is -2.10. The van der Waals surface area contributed by atoms with Crippen LogP contribution in [0, 0.1) is 0 Å². The van der Waals surface area contributed by atoms with Gasteiger partial charge in [-0.2, -0.15) is 0 Å². The van der Waals surface area contributed by atoms with Crippen LogP contribution in [0.25, 0.3) is 10.9 Å². The van der Waals surface area contributed by atoms with Gasteiger partial charge in [0.1, 0.15) is 0 Å². The number of benzene rings is 2. The number of rotatable bonds is 9. The summed E-state index contributed by atoms with van der Waals surface area (Å²) in [5.41, 5.74) is 11.2. The van der Waals surface area contributed by atoms with E-state index in [1.54, 1.807) is 6.08 Å². The van der Waals surface area contributed by atoms with Crippen molar-refractivity contribution in [3.63, 3.8) is 0 Å². The highest BCUT2D eigenvalue weighted by Crippen LogP contribution is 2.19. The van der Waals surface area contributed by atoms with Crippen molar-refractivity contribution in [2.24, 2.45) is 5.73 Å². The van der Waals surface area contributed by atoms with Crippen LogP contribution < -0.4 is 16.4 Å². The predicted molar refractivity (Wildman–Crippen MR) is 117 cm³/mol. The molecule has 0 aliphatic carbocycles. The van der Waals surface area contributed by atoms with E-state index in [0.717, 1.165) is 29.9 Å². The lowest BCUT2D eigenvalue weighted by atomic mass is 10.1. The maximum atomic E-state index is 5.37. The molecule has 0 saturated carbocycles. The van der Waals surface area contributed by atoms with Crippen LogP contribution >= 0.6 is 0 Å². The fraction of sp³-hybridized carbons (Fsp3) is 0.130. The molecule has 0 aliphatic heterocycles. The van der Waals surface area contributed by atoms with Crippen molar-refractivity contribution in [1.82, 2.24) is 4.98 Å². The van der Waals surface area contributed by atoms with Gasteiger partial charge in [-0.1, -0.05) is 36.9 Å². The molecule has 0 fully saturated rings. The van der Waals surface area contributed by atoms with Gasteiger partial charge in [0, 0.05) is 41.6 Å². The smallest absolute Gasteiger partial charge is 0.0456 e. The van der Waals surface area contributed by atoms with Gasteiger partial charge in [0.25, 0.3) is 0 Å². The van der Waals surface area contributed by atoms with Crippen LogP contribution in [0.5, 0.6) is 0 Å². The second-order valence-electron chi connectivity index (χ2n) is 6.30. The molecule has 138 valence electrons. The molecule has 4 nitrogen and oxygen atoms in total. The summed E-state index contributed by atoms with van der Waals surface area (Å²) < 4.78 is 0. The molecule has 0 radical (unpaired) electrons. The number of allylic oxidation sites excluding steroid dienone is 2. The van der Waals surface area contributed by atoms with Crippen molar-refractivity contribution in [1.29, 1.82) is 0 Å². The third-order valence-electron chi connectivity index (χ3n) is 4.46. The Morgan fingerprint density at radius 3 is 2.52 bits per heavy atom. The van der Waals surface area contributed by atoms with E-state index in [4.69, 9.17) is 5.73 Å². The van der Waals surface area contributed by atoms with Gasteiger partial charge in [0.15, 0.2) is 0 Å². The molecule has 4 heteroatoms. The topological polar surface area (TPSA) is 65.9 Å². The summed E-state index contributed by atoms with van der Waals surface area (Å²) in [5.74, 6) is 0. The van der Waals surface area contributed by atoms with Gasteiger partial charge in [0.05, 0.1) is 0 Å². The summed E-state index contributed by atoms with van der Waals surface area (Å²) >= 11 is 0. The van der Waals surface area contributed by atoms with Gasteiger partial charge < -0.3 is 21.4 Å². The monoisotopic (exact) mass is 358 g/mol. The second kappa shape index (κ2) is 9.34. The Kier molecular flexibility index (Phi) is 6.36. The van der Waals surface area contributed by atoms with Gasteiger partial charge in [-0.25, -0.2) is 0 Å². The summed E-state index contributed by atoms with van der Waals surface area (Å²) in [7, 11) is 0. The molecule has 3 rings (SSSR count). The van der Waals surface area contributed by atoms with E-state index >= 15 is 0 Å². The lowest BCUT2D eigenvalue weighted by molar-refractivity contribution is 1.03. The fourth-order valence-corrected chi connectivity index (χ4v) is 2.97. The summed E-state index contributed by atoms with van der Waals surface area (Å²) in [5, 5.41) is 8.17. The van der Waals surface area contributed by atoms with Crippen molar-refractivity contribution < 1.29 is 0 Å². The first kappa shape index (κ1) is 18.4. The van der Waals surface area contributed by atoms with Crippen LogP contribution in [0.2, 0.25) is 0 Å². The third kappa shape index (κ3) is 5.05. The summed E-state index contributed by atoms with van der Waals surface area (Å²) in [6.45, 7) is 5.42.